The Hall–Kier alpha value is -2.63. The minimum absolute atomic E-state index is 0.0646. The fourth-order valence-corrected chi connectivity index (χ4v) is 10.4. The monoisotopic (exact) mass is 1090 g/mol. The molecule has 0 aromatic rings. The Morgan fingerprint density at radius 1 is 0.269 bits per heavy atom. The average Bonchev–Trinajstić information content (AvgIpc) is 3.44. The van der Waals surface area contributed by atoms with Gasteiger partial charge in [0.2, 0.25) is 0 Å². The van der Waals surface area contributed by atoms with Crippen molar-refractivity contribution in [2.45, 2.75) is 380 Å². The van der Waals surface area contributed by atoms with Crippen LogP contribution >= 0.6 is 0 Å². The fraction of sp³-hybridized carbons (Fsp3) is 0.847. The van der Waals surface area contributed by atoms with E-state index >= 15 is 0 Å². The van der Waals surface area contributed by atoms with Gasteiger partial charge in [-0.2, -0.15) is 0 Å². The zero-order valence-corrected chi connectivity index (χ0v) is 52.5. The highest BCUT2D eigenvalue weighted by Crippen LogP contribution is 2.18. The lowest BCUT2D eigenvalue weighted by Gasteiger charge is -2.18. The molecular weight excluding hydrogens is 961 g/mol. The first-order valence-electron chi connectivity index (χ1n) is 34.6. The van der Waals surface area contributed by atoms with Gasteiger partial charge in [0.05, 0.1) is 0 Å². The van der Waals surface area contributed by atoms with Crippen LogP contribution in [0.3, 0.4) is 0 Å². The molecule has 6 nitrogen and oxygen atoms in total. The third-order valence-electron chi connectivity index (χ3n) is 15.6. The van der Waals surface area contributed by atoms with Crippen LogP contribution in [0.2, 0.25) is 0 Å². The SMILES string of the molecule is CC/C=C\C/C=C\C/C=C\C/C=C\CCCCCCCCCCCCCCCCCCCCCCC(=O)OCC(COC(=O)CCCCCCCCCCCCCCC)OC(=O)CCCCCCCCCCCCCCCC. The number of carbonyl (C=O) groups excluding carboxylic acids is 3. The summed E-state index contributed by atoms with van der Waals surface area (Å²) in [4.78, 5) is 38.3. The summed E-state index contributed by atoms with van der Waals surface area (Å²) in [5.74, 6) is -0.836. The minimum Gasteiger partial charge on any atom is -0.462 e. The van der Waals surface area contributed by atoms with Crippen molar-refractivity contribution in [1.82, 2.24) is 0 Å². The first kappa shape index (κ1) is 75.4. The van der Waals surface area contributed by atoms with E-state index in [1.54, 1.807) is 0 Å². The van der Waals surface area contributed by atoms with E-state index in [1.807, 2.05) is 0 Å². The number of ether oxygens (including phenoxy) is 3. The van der Waals surface area contributed by atoms with Gasteiger partial charge in [-0.3, -0.25) is 14.4 Å². The van der Waals surface area contributed by atoms with Crippen LogP contribution in [-0.2, 0) is 28.6 Å². The number of unbranched alkanes of at least 4 members (excludes halogenated alkanes) is 45. The molecule has 0 spiro atoms. The van der Waals surface area contributed by atoms with Crippen LogP contribution in [0.4, 0.5) is 0 Å². The second kappa shape index (κ2) is 66.9. The summed E-state index contributed by atoms with van der Waals surface area (Å²) in [6.07, 6.45) is 84.3. The Balaban J connectivity index is 4.07. The molecule has 0 N–H and O–H groups in total. The van der Waals surface area contributed by atoms with Crippen molar-refractivity contribution in [2.24, 2.45) is 0 Å². The van der Waals surface area contributed by atoms with Gasteiger partial charge >= 0.3 is 17.9 Å². The van der Waals surface area contributed by atoms with Gasteiger partial charge in [-0.1, -0.05) is 345 Å². The Bertz CT molecular complexity index is 1350. The molecule has 0 aromatic carbocycles. The lowest BCUT2D eigenvalue weighted by atomic mass is 10.0. The van der Waals surface area contributed by atoms with Crippen molar-refractivity contribution in [3.63, 3.8) is 0 Å². The highest BCUT2D eigenvalue weighted by molar-refractivity contribution is 5.71. The molecule has 1 unspecified atom stereocenters. The standard InChI is InChI=1S/C72H132O6/c1-4-7-10-13-16-19-22-25-27-28-29-30-31-32-33-34-35-36-37-38-39-40-41-42-43-44-45-48-50-53-56-59-62-65-71(74)77-68-69(67-76-70(73)64-61-58-55-52-49-46-24-21-18-15-12-9-6-3)78-72(75)66-63-60-57-54-51-47-26-23-20-17-14-11-8-5-2/h7,10,16,19,25,27,29-30,69H,4-6,8-9,11-15,17-18,20-24,26,28,31-68H2,1-3H3/b10-7-,19-16-,27-25-,30-29-. The third kappa shape index (κ3) is 64.2. The summed E-state index contributed by atoms with van der Waals surface area (Å²) >= 11 is 0. The van der Waals surface area contributed by atoms with Crippen LogP contribution in [0.1, 0.15) is 374 Å². The molecule has 456 valence electrons. The molecule has 0 bridgehead atoms. The van der Waals surface area contributed by atoms with E-state index in [-0.39, 0.29) is 31.1 Å². The molecule has 0 amide bonds. The summed E-state index contributed by atoms with van der Waals surface area (Å²) in [5, 5.41) is 0. The molecular formula is C72H132O6. The minimum atomic E-state index is -0.766. The van der Waals surface area contributed by atoms with Crippen LogP contribution < -0.4 is 0 Å². The van der Waals surface area contributed by atoms with Crippen LogP contribution in [0.15, 0.2) is 48.6 Å². The molecule has 0 aliphatic carbocycles. The summed E-state index contributed by atoms with van der Waals surface area (Å²) in [5.41, 5.74) is 0. The normalized spacial score (nSPS) is 12.3. The maximum Gasteiger partial charge on any atom is 0.306 e. The van der Waals surface area contributed by atoms with E-state index < -0.39 is 6.10 Å². The maximum atomic E-state index is 12.9. The first-order chi connectivity index (χ1) is 38.5. The van der Waals surface area contributed by atoms with E-state index in [1.165, 1.54) is 250 Å². The van der Waals surface area contributed by atoms with Crippen LogP contribution in [0, 0.1) is 0 Å². The molecule has 0 aliphatic rings. The van der Waals surface area contributed by atoms with E-state index in [0.717, 1.165) is 83.5 Å². The Morgan fingerprint density at radius 3 is 0.782 bits per heavy atom. The molecule has 6 heteroatoms. The van der Waals surface area contributed by atoms with Crippen molar-refractivity contribution >= 4 is 17.9 Å². The second-order valence-corrected chi connectivity index (χ2v) is 23.4. The third-order valence-corrected chi connectivity index (χ3v) is 15.6. The zero-order chi connectivity index (χ0) is 56.4. The quantitative estimate of drug-likeness (QED) is 0.0261. The molecule has 78 heavy (non-hydrogen) atoms. The van der Waals surface area contributed by atoms with Gasteiger partial charge in [0.25, 0.3) is 0 Å². The van der Waals surface area contributed by atoms with Gasteiger partial charge < -0.3 is 14.2 Å². The first-order valence-corrected chi connectivity index (χ1v) is 34.6. The van der Waals surface area contributed by atoms with E-state index in [4.69, 9.17) is 14.2 Å². The molecule has 0 heterocycles. The van der Waals surface area contributed by atoms with Crippen molar-refractivity contribution < 1.29 is 28.6 Å². The summed E-state index contributed by atoms with van der Waals surface area (Å²) < 4.78 is 17.0. The number of esters is 3. The molecule has 0 aliphatic heterocycles. The van der Waals surface area contributed by atoms with Crippen LogP contribution in [0.5, 0.6) is 0 Å². The summed E-state index contributed by atoms with van der Waals surface area (Å²) in [6.45, 7) is 6.59. The van der Waals surface area contributed by atoms with Crippen LogP contribution in [-0.4, -0.2) is 37.2 Å². The molecule has 0 saturated carbocycles. The smallest absolute Gasteiger partial charge is 0.306 e. The Morgan fingerprint density at radius 2 is 0.500 bits per heavy atom. The number of allylic oxidation sites excluding steroid dienone is 8. The van der Waals surface area contributed by atoms with Crippen LogP contribution in [0.25, 0.3) is 0 Å². The highest BCUT2D eigenvalue weighted by atomic mass is 16.6. The number of hydrogen-bond acceptors (Lipinski definition) is 6. The molecule has 0 fully saturated rings. The van der Waals surface area contributed by atoms with E-state index in [9.17, 15) is 14.4 Å². The van der Waals surface area contributed by atoms with E-state index in [2.05, 4.69) is 69.4 Å². The lowest BCUT2D eigenvalue weighted by Crippen LogP contribution is -2.30. The number of hydrogen-bond donors (Lipinski definition) is 0. The average molecular weight is 1090 g/mol. The van der Waals surface area contributed by atoms with Crippen molar-refractivity contribution in [1.29, 1.82) is 0 Å². The van der Waals surface area contributed by atoms with Crippen molar-refractivity contribution in [3.8, 4) is 0 Å². The number of carbonyl (C=O) groups is 3. The van der Waals surface area contributed by atoms with Gasteiger partial charge in [0.1, 0.15) is 13.2 Å². The van der Waals surface area contributed by atoms with Crippen molar-refractivity contribution in [3.05, 3.63) is 48.6 Å². The Labute approximate surface area is 486 Å². The second-order valence-electron chi connectivity index (χ2n) is 23.4. The van der Waals surface area contributed by atoms with Gasteiger partial charge in [-0.05, 0) is 57.8 Å². The Kier molecular flexibility index (Phi) is 64.6. The summed E-state index contributed by atoms with van der Waals surface area (Å²) in [7, 11) is 0. The molecule has 0 saturated heterocycles. The number of rotatable bonds is 64. The van der Waals surface area contributed by atoms with Gasteiger partial charge in [-0.25, -0.2) is 0 Å². The summed E-state index contributed by atoms with van der Waals surface area (Å²) in [6, 6.07) is 0. The highest BCUT2D eigenvalue weighted by Gasteiger charge is 2.19. The largest absolute Gasteiger partial charge is 0.462 e. The van der Waals surface area contributed by atoms with Crippen molar-refractivity contribution in [2.75, 3.05) is 13.2 Å². The maximum absolute atomic E-state index is 12.9. The van der Waals surface area contributed by atoms with Gasteiger partial charge in [0.15, 0.2) is 6.10 Å². The predicted molar refractivity (Wildman–Crippen MR) is 339 cm³/mol. The van der Waals surface area contributed by atoms with E-state index in [0.29, 0.717) is 19.3 Å². The predicted octanol–water partition coefficient (Wildman–Crippen LogP) is 23.7. The molecule has 0 radical (unpaired) electrons. The molecule has 0 rings (SSSR count). The molecule has 1 atom stereocenters. The lowest BCUT2D eigenvalue weighted by molar-refractivity contribution is -0.167. The fourth-order valence-electron chi connectivity index (χ4n) is 10.4. The van der Waals surface area contributed by atoms with Gasteiger partial charge in [0, 0.05) is 19.3 Å². The molecule has 0 aromatic heterocycles. The van der Waals surface area contributed by atoms with Gasteiger partial charge in [-0.15, -0.1) is 0 Å². The zero-order valence-electron chi connectivity index (χ0n) is 52.5. The topological polar surface area (TPSA) is 78.9 Å².